The first-order valence-corrected chi connectivity index (χ1v) is 8.13. The van der Waals surface area contributed by atoms with Crippen molar-refractivity contribution in [1.82, 2.24) is 4.90 Å². The second-order valence-electron chi connectivity index (χ2n) is 5.14. The van der Waals surface area contributed by atoms with Gasteiger partial charge in [0.2, 0.25) is 0 Å². The third kappa shape index (κ3) is 1.92. The monoisotopic (exact) mass is 259 g/mol. The van der Waals surface area contributed by atoms with Crippen LogP contribution in [0.3, 0.4) is 0 Å². The highest BCUT2D eigenvalue weighted by atomic mass is 32.2. The van der Waals surface area contributed by atoms with E-state index in [2.05, 4.69) is 11.9 Å². The molecule has 2 rings (SSSR count). The molecule has 1 aliphatic carbocycles. The molecule has 1 fully saturated rings. The average molecular weight is 259 g/mol. The highest BCUT2D eigenvalue weighted by Crippen LogP contribution is 2.42. The van der Waals surface area contributed by atoms with Crippen LogP contribution in [-0.2, 0) is 9.84 Å². The molecule has 6 heteroatoms. The van der Waals surface area contributed by atoms with E-state index < -0.39 is 9.84 Å². The largest absolute Gasteiger partial charge is 0.370 e. The van der Waals surface area contributed by atoms with Gasteiger partial charge in [-0.3, -0.25) is 4.99 Å². The minimum Gasteiger partial charge on any atom is -0.370 e. The van der Waals surface area contributed by atoms with Crippen LogP contribution in [0.5, 0.6) is 0 Å². The fraction of sp³-hybridized carbons (Fsp3) is 0.909. The Kier molecular flexibility index (Phi) is 3.10. The molecule has 0 bridgehead atoms. The molecule has 98 valence electrons. The Morgan fingerprint density at radius 2 is 2.29 bits per heavy atom. The number of nitrogens with two attached hydrogens (primary N) is 1. The summed E-state index contributed by atoms with van der Waals surface area (Å²) in [6.45, 7) is 3.40. The van der Waals surface area contributed by atoms with Gasteiger partial charge in [-0.15, -0.1) is 0 Å². The van der Waals surface area contributed by atoms with Crippen molar-refractivity contribution in [2.24, 2.45) is 10.7 Å². The van der Waals surface area contributed by atoms with Crippen molar-refractivity contribution in [3.05, 3.63) is 0 Å². The van der Waals surface area contributed by atoms with Gasteiger partial charge in [-0.1, -0.05) is 6.92 Å². The van der Waals surface area contributed by atoms with Crippen LogP contribution in [0.15, 0.2) is 4.99 Å². The van der Waals surface area contributed by atoms with Crippen LogP contribution >= 0.6 is 0 Å². The SMILES string of the molecule is CCCN1C(N)=NCC12CCCC2S(C)(=O)=O. The van der Waals surface area contributed by atoms with Crippen LogP contribution in [0.4, 0.5) is 0 Å². The quantitative estimate of drug-likeness (QED) is 0.794. The lowest BCUT2D eigenvalue weighted by Crippen LogP contribution is -2.58. The van der Waals surface area contributed by atoms with Gasteiger partial charge in [-0.25, -0.2) is 8.42 Å². The van der Waals surface area contributed by atoms with Gasteiger partial charge in [0, 0.05) is 12.8 Å². The van der Waals surface area contributed by atoms with Crippen molar-refractivity contribution in [2.75, 3.05) is 19.3 Å². The van der Waals surface area contributed by atoms with E-state index in [1.807, 2.05) is 4.90 Å². The Morgan fingerprint density at radius 1 is 1.59 bits per heavy atom. The zero-order chi connectivity index (χ0) is 12.7. The van der Waals surface area contributed by atoms with Gasteiger partial charge in [0.05, 0.1) is 17.3 Å². The molecule has 1 spiro atoms. The van der Waals surface area contributed by atoms with Crippen molar-refractivity contribution in [3.8, 4) is 0 Å². The van der Waals surface area contributed by atoms with Gasteiger partial charge in [-0.05, 0) is 25.7 Å². The van der Waals surface area contributed by atoms with Crippen molar-refractivity contribution in [2.45, 2.75) is 43.4 Å². The average Bonchev–Trinajstić information content (AvgIpc) is 2.78. The van der Waals surface area contributed by atoms with Gasteiger partial charge < -0.3 is 10.6 Å². The number of rotatable bonds is 3. The van der Waals surface area contributed by atoms with Crippen LogP contribution in [0.1, 0.15) is 32.6 Å². The Labute approximate surface area is 103 Å². The third-order valence-corrected chi connectivity index (χ3v) is 5.68. The molecular formula is C11H21N3O2S. The van der Waals surface area contributed by atoms with Crippen LogP contribution < -0.4 is 5.73 Å². The van der Waals surface area contributed by atoms with E-state index in [4.69, 9.17) is 5.73 Å². The fourth-order valence-corrected chi connectivity index (χ4v) is 5.01. The fourth-order valence-electron chi connectivity index (χ4n) is 3.30. The Balaban J connectivity index is 2.35. The highest BCUT2D eigenvalue weighted by molar-refractivity contribution is 7.91. The van der Waals surface area contributed by atoms with E-state index in [1.54, 1.807) is 0 Å². The van der Waals surface area contributed by atoms with Gasteiger partial charge in [0.25, 0.3) is 0 Å². The van der Waals surface area contributed by atoms with Gasteiger partial charge in [-0.2, -0.15) is 0 Å². The predicted octanol–water partition coefficient (Wildman–Crippen LogP) is 0.363. The molecule has 5 nitrogen and oxygen atoms in total. The van der Waals surface area contributed by atoms with E-state index in [9.17, 15) is 8.42 Å². The Bertz CT molecular complexity index is 432. The summed E-state index contributed by atoms with van der Waals surface area (Å²) in [6.07, 6.45) is 4.86. The molecule has 2 unspecified atom stereocenters. The second-order valence-corrected chi connectivity index (χ2v) is 7.37. The second kappa shape index (κ2) is 4.15. The number of guanidine groups is 1. The van der Waals surface area contributed by atoms with Crippen LogP contribution in [0.25, 0.3) is 0 Å². The van der Waals surface area contributed by atoms with Crippen molar-refractivity contribution < 1.29 is 8.42 Å². The number of hydrogen-bond donors (Lipinski definition) is 1. The molecule has 0 aromatic rings. The Hall–Kier alpha value is -0.780. The first-order chi connectivity index (χ1) is 7.92. The maximum absolute atomic E-state index is 11.9. The van der Waals surface area contributed by atoms with E-state index in [0.717, 1.165) is 32.2 Å². The molecule has 1 heterocycles. The van der Waals surface area contributed by atoms with Crippen molar-refractivity contribution in [1.29, 1.82) is 0 Å². The molecule has 0 aromatic carbocycles. The molecule has 0 saturated heterocycles. The van der Waals surface area contributed by atoms with Gasteiger partial charge >= 0.3 is 0 Å². The summed E-state index contributed by atoms with van der Waals surface area (Å²) in [5.41, 5.74) is 5.55. The number of nitrogens with zero attached hydrogens (tertiary/aromatic N) is 2. The topological polar surface area (TPSA) is 75.8 Å². The number of aliphatic imine (C=N–C) groups is 1. The summed E-state index contributed by atoms with van der Waals surface area (Å²) in [4.78, 5) is 6.32. The van der Waals surface area contributed by atoms with Gasteiger partial charge in [0.1, 0.15) is 0 Å². The molecule has 1 saturated carbocycles. The standard InChI is InChI=1S/C11H21N3O2S/c1-3-7-14-10(12)13-8-11(14)6-4-5-9(11)17(2,15)16/h9H,3-8H2,1-2H3,(H2,12,13). The maximum atomic E-state index is 11.9. The molecule has 0 radical (unpaired) electrons. The lowest BCUT2D eigenvalue weighted by molar-refractivity contribution is 0.208. The highest BCUT2D eigenvalue weighted by Gasteiger charge is 2.54. The van der Waals surface area contributed by atoms with Crippen molar-refractivity contribution in [3.63, 3.8) is 0 Å². The summed E-state index contributed by atoms with van der Waals surface area (Å²) < 4.78 is 23.9. The van der Waals surface area contributed by atoms with Gasteiger partial charge in [0.15, 0.2) is 15.8 Å². The number of hydrogen-bond acceptors (Lipinski definition) is 5. The molecule has 2 N–H and O–H groups in total. The summed E-state index contributed by atoms with van der Waals surface area (Å²) in [5.74, 6) is 0.516. The van der Waals surface area contributed by atoms with Crippen molar-refractivity contribution >= 4 is 15.8 Å². The lowest BCUT2D eigenvalue weighted by Gasteiger charge is -2.39. The maximum Gasteiger partial charge on any atom is 0.191 e. The summed E-state index contributed by atoms with van der Waals surface area (Å²) >= 11 is 0. The minimum absolute atomic E-state index is 0.314. The molecule has 0 amide bonds. The molecular weight excluding hydrogens is 238 g/mol. The van der Waals surface area contributed by atoms with Crippen LogP contribution in [0.2, 0.25) is 0 Å². The van der Waals surface area contributed by atoms with Crippen LogP contribution in [0, 0.1) is 0 Å². The van der Waals surface area contributed by atoms with Crippen LogP contribution in [-0.4, -0.2) is 49.4 Å². The summed E-state index contributed by atoms with van der Waals surface area (Å²) in [6, 6.07) is 0. The molecule has 2 atom stereocenters. The van der Waals surface area contributed by atoms with E-state index >= 15 is 0 Å². The molecule has 17 heavy (non-hydrogen) atoms. The molecule has 1 aliphatic heterocycles. The first kappa shape index (κ1) is 12.7. The summed E-state index contributed by atoms with van der Waals surface area (Å²) in [7, 11) is -3.04. The van der Waals surface area contributed by atoms with E-state index in [0.29, 0.717) is 12.5 Å². The molecule has 2 aliphatic rings. The lowest BCUT2D eigenvalue weighted by atomic mass is 9.96. The smallest absolute Gasteiger partial charge is 0.191 e. The third-order valence-electron chi connectivity index (χ3n) is 3.97. The predicted molar refractivity (Wildman–Crippen MR) is 68.7 cm³/mol. The first-order valence-electron chi connectivity index (χ1n) is 6.18. The number of sulfone groups is 1. The zero-order valence-corrected chi connectivity index (χ0v) is 11.3. The van der Waals surface area contributed by atoms with E-state index in [-0.39, 0.29) is 10.8 Å². The normalized spacial score (nSPS) is 33.4. The molecule has 0 aromatic heterocycles. The van der Waals surface area contributed by atoms with E-state index in [1.165, 1.54) is 6.26 Å². The Morgan fingerprint density at radius 3 is 2.88 bits per heavy atom. The zero-order valence-electron chi connectivity index (χ0n) is 10.5. The summed E-state index contributed by atoms with van der Waals surface area (Å²) in [5, 5.41) is -0.314. The minimum atomic E-state index is -3.04.